The van der Waals surface area contributed by atoms with Crippen molar-refractivity contribution in [1.82, 2.24) is 9.97 Å². The summed E-state index contributed by atoms with van der Waals surface area (Å²) < 4.78 is 5.88. The van der Waals surface area contributed by atoms with Crippen molar-refractivity contribution in [2.45, 2.75) is 0 Å². The van der Waals surface area contributed by atoms with Crippen LogP contribution in [0.1, 0.15) is 0 Å². The van der Waals surface area contributed by atoms with Crippen molar-refractivity contribution in [1.29, 1.82) is 0 Å². The first kappa shape index (κ1) is 13.6. The number of rotatable bonds is 3. The zero-order valence-electron chi connectivity index (χ0n) is 10.9. The van der Waals surface area contributed by atoms with E-state index >= 15 is 0 Å². The van der Waals surface area contributed by atoms with E-state index in [1.807, 2.05) is 54.6 Å². The van der Waals surface area contributed by atoms with Gasteiger partial charge in [-0.3, -0.25) is 4.79 Å². The van der Waals surface area contributed by atoms with Crippen molar-refractivity contribution in [3.63, 3.8) is 0 Å². The van der Waals surface area contributed by atoms with Gasteiger partial charge in [0.2, 0.25) is 5.88 Å². The SMILES string of the molecule is O=c1[nH]cnc(Oc2ccc(-c3ccccc3)cc2)c1Br. The van der Waals surface area contributed by atoms with Crippen LogP contribution in [-0.4, -0.2) is 9.97 Å². The first-order valence-electron chi connectivity index (χ1n) is 6.30. The summed E-state index contributed by atoms with van der Waals surface area (Å²) in [5, 5.41) is 0. The summed E-state index contributed by atoms with van der Waals surface area (Å²) >= 11 is 3.16. The van der Waals surface area contributed by atoms with Crippen LogP contribution >= 0.6 is 15.9 Å². The van der Waals surface area contributed by atoms with E-state index in [4.69, 9.17) is 4.74 Å². The second kappa shape index (κ2) is 5.93. The van der Waals surface area contributed by atoms with E-state index < -0.39 is 0 Å². The lowest BCUT2D eigenvalue weighted by Crippen LogP contribution is -2.08. The highest BCUT2D eigenvalue weighted by molar-refractivity contribution is 9.10. The highest BCUT2D eigenvalue weighted by Gasteiger charge is 2.07. The lowest BCUT2D eigenvalue weighted by atomic mass is 10.1. The van der Waals surface area contributed by atoms with Gasteiger partial charge in [0.15, 0.2) is 0 Å². The molecule has 3 aromatic rings. The Balaban J connectivity index is 1.85. The lowest BCUT2D eigenvalue weighted by Gasteiger charge is -2.07. The van der Waals surface area contributed by atoms with E-state index in [2.05, 4.69) is 25.9 Å². The molecule has 0 aliphatic rings. The zero-order chi connectivity index (χ0) is 14.7. The van der Waals surface area contributed by atoms with E-state index in [9.17, 15) is 4.79 Å². The number of hydrogen-bond acceptors (Lipinski definition) is 3. The Hall–Kier alpha value is -2.40. The maximum Gasteiger partial charge on any atom is 0.268 e. The molecule has 1 N–H and O–H groups in total. The van der Waals surface area contributed by atoms with Crippen molar-refractivity contribution in [2.24, 2.45) is 0 Å². The molecule has 0 unspecified atom stereocenters. The Morgan fingerprint density at radius 3 is 2.33 bits per heavy atom. The molecule has 0 atom stereocenters. The van der Waals surface area contributed by atoms with Gasteiger partial charge in [-0.15, -0.1) is 0 Å². The molecule has 0 saturated carbocycles. The molecule has 0 amide bonds. The molecule has 104 valence electrons. The minimum atomic E-state index is -0.277. The first-order valence-corrected chi connectivity index (χ1v) is 7.10. The quantitative estimate of drug-likeness (QED) is 0.782. The van der Waals surface area contributed by atoms with E-state index in [1.54, 1.807) is 0 Å². The van der Waals surface area contributed by atoms with E-state index in [0.717, 1.165) is 11.1 Å². The molecule has 3 rings (SSSR count). The van der Waals surface area contributed by atoms with Crippen molar-refractivity contribution in [3.8, 4) is 22.8 Å². The highest BCUT2D eigenvalue weighted by atomic mass is 79.9. The van der Waals surface area contributed by atoms with Crippen molar-refractivity contribution in [3.05, 3.63) is 75.8 Å². The van der Waals surface area contributed by atoms with Gasteiger partial charge in [0.05, 0.1) is 6.33 Å². The molecular weight excluding hydrogens is 332 g/mol. The van der Waals surface area contributed by atoms with Gasteiger partial charge < -0.3 is 9.72 Å². The van der Waals surface area contributed by atoms with E-state index in [-0.39, 0.29) is 15.9 Å². The average molecular weight is 343 g/mol. The van der Waals surface area contributed by atoms with Gasteiger partial charge in [0, 0.05) is 0 Å². The van der Waals surface area contributed by atoms with Gasteiger partial charge in [-0.2, -0.15) is 0 Å². The molecular formula is C16H11BrN2O2. The third-order valence-electron chi connectivity index (χ3n) is 2.94. The Morgan fingerprint density at radius 1 is 0.952 bits per heavy atom. The molecule has 0 aliphatic carbocycles. The number of aromatic amines is 1. The third kappa shape index (κ3) is 3.03. The molecule has 2 aromatic carbocycles. The molecule has 0 spiro atoms. The molecule has 0 aliphatic heterocycles. The second-order valence-corrected chi connectivity index (χ2v) is 5.14. The number of halogens is 1. The molecule has 1 heterocycles. The van der Waals surface area contributed by atoms with Crippen LogP contribution in [0.3, 0.4) is 0 Å². The number of H-pyrrole nitrogens is 1. The predicted octanol–water partition coefficient (Wildman–Crippen LogP) is 3.99. The largest absolute Gasteiger partial charge is 0.438 e. The summed E-state index contributed by atoms with van der Waals surface area (Å²) in [5.41, 5.74) is 1.96. The van der Waals surface area contributed by atoms with Crippen LogP contribution in [0.2, 0.25) is 0 Å². The Morgan fingerprint density at radius 2 is 1.62 bits per heavy atom. The van der Waals surface area contributed by atoms with Crippen LogP contribution in [0.4, 0.5) is 0 Å². The van der Waals surface area contributed by atoms with E-state index in [0.29, 0.717) is 5.75 Å². The maximum atomic E-state index is 11.4. The van der Waals surface area contributed by atoms with Crippen LogP contribution in [0, 0.1) is 0 Å². The topological polar surface area (TPSA) is 55.0 Å². The van der Waals surface area contributed by atoms with Gasteiger partial charge in [-0.1, -0.05) is 42.5 Å². The smallest absolute Gasteiger partial charge is 0.268 e. The predicted molar refractivity (Wildman–Crippen MR) is 84.5 cm³/mol. The van der Waals surface area contributed by atoms with Crippen molar-refractivity contribution < 1.29 is 4.74 Å². The summed E-state index contributed by atoms with van der Waals surface area (Å²) in [6, 6.07) is 17.7. The molecule has 0 radical (unpaired) electrons. The average Bonchev–Trinajstić information content (AvgIpc) is 2.53. The highest BCUT2D eigenvalue weighted by Crippen LogP contribution is 2.27. The van der Waals surface area contributed by atoms with Crippen molar-refractivity contribution >= 4 is 15.9 Å². The Bertz CT molecular complexity index is 799. The fraction of sp³-hybridized carbons (Fsp3) is 0. The van der Waals surface area contributed by atoms with Gasteiger partial charge >= 0.3 is 0 Å². The summed E-state index contributed by atoms with van der Waals surface area (Å²) in [5.74, 6) is 0.861. The molecule has 21 heavy (non-hydrogen) atoms. The third-order valence-corrected chi connectivity index (χ3v) is 3.64. The number of aromatic nitrogens is 2. The summed E-state index contributed by atoms with van der Waals surface area (Å²) in [7, 11) is 0. The van der Waals surface area contributed by atoms with Crippen LogP contribution in [-0.2, 0) is 0 Å². The van der Waals surface area contributed by atoms with Gasteiger partial charge in [0.1, 0.15) is 10.2 Å². The van der Waals surface area contributed by atoms with Crippen LogP contribution in [0.5, 0.6) is 11.6 Å². The number of hydrogen-bond donors (Lipinski definition) is 1. The number of ether oxygens (including phenoxy) is 1. The van der Waals surface area contributed by atoms with Crippen molar-refractivity contribution in [2.75, 3.05) is 0 Å². The lowest BCUT2D eigenvalue weighted by molar-refractivity contribution is 0.457. The molecule has 0 bridgehead atoms. The molecule has 1 aromatic heterocycles. The second-order valence-electron chi connectivity index (χ2n) is 4.34. The molecule has 4 nitrogen and oxygen atoms in total. The van der Waals surface area contributed by atoms with Gasteiger partial charge in [-0.05, 0) is 39.2 Å². The number of benzene rings is 2. The van der Waals surface area contributed by atoms with Crippen LogP contribution in [0.15, 0.2) is 70.2 Å². The zero-order valence-corrected chi connectivity index (χ0v) is 12.5. The summed E-state index contributed by atoms with van der Waals surface area (Å²) in [4.78, 5) is 17.9. The molecule has 5 heteroatoms. The fourth-order valence-electron chi connectivity index (χ4n) is 1.90. The summed E-state index contributed by atoms with van der Waals surface area (Å²) in [6.07, 6.45) is 1.31. The minimum absolute atomic E-state index is 0.242. The normalized spacial score (nSPS) is 10.3. The number of nitrogens with one attached hydrogen (secondary N) is 1. The maximum absolute atomic E-state index is 11.4. The Kier molecular flexibility index (Phi) is 3.83. The first-order chi connectivity index (χ1) is 10.2. The monoisotopic (exact) mass is 342 g/mol. The molecule has 0 saturated heterocycles. The van der Waals surface area contributed by atoms with Crippen LogP contribution < -0.4 is 10.3 Å². The minimum Gasteiger partial charge on any atom is -0.438 e. The molecule has 0 fully saturated rings. The van der Waals surface area contributed by atoms with Gasteiger partial charge in [0.25, 0.3) is 5.56 Å². The van der Waals surface area contributed by atoms with Gasteiger partial charge in [-0.25, -0.2) is 4.98 Å². The van der Waals surface area contributed by atoms with E-state index in [1.165, 1.54) is 6.33 Å². The standard InChI is InChI=1S/C16H11BrN2O2/c17-14-15(20)18-10-19-16(14)21-13-8-6-12(7-9-13)11-4-2-1-3-5-11/h1-10H,(H,18,19,20). The fourth-order valence-corrected chi connectivity index (χ4v) is 2.19. The number of nitrogens with zero attached hydrogens (tertiary/aromatic N) is 1. The Labute approximate surface area is 129 Å². The summed E-state index contributed by atoms with van der Waals surface area (Å²) in [6.45, 7) is 0. The van der Waals surface area contributed by atoms with Crippen LogP contribution in [0.25, 0.3) is 11.1 Å².